The lowest BCUT2D eigenvalue weighted by Gasteiger charge is -2.08. The molecule has 0 aliphatic carbocycles. The molecule has 0 bridgehead atoms. The van der Waals surface area contributed by atoms with Crippen LogP contribution in [0, 0.1) is 0 Å². The van der Waals surface area contributed by atoms with Gasteiger partial charge in [-0.2, -0.15) is 0 Å². The van der Waals surface area contributed by atoms with Crippen LogP contribution in [0.2, 0.25) is 0 Å². The highest BCUT2D eigenvalue weighted by molar-refractivity contribution is 6.05. The number of furan rings is 1. The summed E-state index contributed by atoms with van der Waals surface area (Å²) in [6.45, 7) is 0. The second kappa shape index (κ2) is 8.23. The van der Waals surface area contributed by atoms with E-state index in [1.54, 1.807) is 48.5 Å². The molecule has 0 atom stereocenters. The van der Waals surface area contributed by atoms with E-state index in [9.17, 15) is 9.59 Å². The molecular weight excluding hydrogens is 406 g/mol. The third-order valence-electron chi connectivity index (χ3n) is 4.81. The number of amides is 2. The lowest BCUT2D eigenvalue weighted by molar-refractivity contribution is 0.0995. The summed E-state index contributed by atoms with van der Waals surface area (Å²) in [6, 6.07) is 24.6. The van der Waals surface area contributed by atoms with E-state index in [1.807, 2.05) is 36.4 Å². The van der Waals surface area contributed by atoms with Gasteiger partial charge in [-0.3, -0.25) is 9.59 Å². The van der Waals surface area contributed by atoms with E-state index in [1.165, 1.54) is 6.26 Å². The van der Waals surface area contributed by atoms with Crippen LogP contribution < -0.4 is 10.6 Å². The van der Waals surface area contributed by atoms with Crippen molar-refractivity contribution in [1.29, 1.82) is 0 Å². The zero-order chi connectivity index (χ0) is 21.9. The highest BCUT2D eigenvalue weighted by Crippen LogP contribution is 2.26. The molecule has 2 N–H and O–H groups in total. The fourth-order valence-electron chi connectivity index (χ4n) is 3.23. The fourth-order valence-corrected chi connectivity index (χ4v) is 3.23. The lowest BCUT2D eigenvalue weighted by Crippen LogP contribution is -2.13. The minimum absolute atomic E-state index is 0.214. The zero-order valence-electron chi connectivity index (χ0n) is 16.7. The quantitative estimate of drug-likeness (QED) is 0.384. The SMILES string of the molecule is O=C(Nc1cccc(-c2nc3ccccc3o2)c1)c1ccc(NC(=O)c2ccco2)cc1. The summed E-state index contributed by atoms with van der Waals surface area (Å²) in [4.78, 5) is 29.2. The summed E-state index contributed by atoms with van der Waals surface area (Å²) in [5, 5.41) is 5.59. The van der Waals surface area contributed by atoms with Crippen molar-refractivity contribution < 1.29 is 18.4 Å². The molecule has 5 rings (SSSR count). The number of oxazole rings is 1. The molecule has 2 aromatic heterocycles. The predicted octanol–water partition coefficient (Wildman–Crippen LogP) is 5.59. The van der Waals surface area contributed by atoms with Crippen LogP contribution in [-0.2, 0) is 0 Å². The van der Waals surface area contributed by atoms with E-state index in [0.717, 1.165) is 11.1 Å². The largest absolute Gasteiger partial charge is 0.459 e. The van der Waals surface area contributed by atoms with Crippen molar-refractivity contribution in [1.82, 2.24) is 4.98 Å². The minimum Gasteiger partial charge on any atom is -0.459 e. The number of aromatic nitrogens is 1. The Morgan fingerprint density at radius 3 is 2.34 bits per heavy atom. The number of anilines is 2. The van der Waals surface area contributed by atoms with E-state index in [0.29, 0.717) is 28.4 Å². The molecule has 2 heterocycles. The molecule has 7 nitrogen and oxygen atoms in total. The Kier molecular flexibility index (Phi) is 4.97. The number of fused-ring (bicyclic) bond motifs is 1. The van der Waals surface area contributed by atoms with E-state index in [2.05, 4.69) is 15.6 Å². The lowest BCUT2D eigenvalue weighted by atomic mass is 10.1. The van der Waals surface area contributed by atoms with Crippen LogP contribution in [0.3, 0.4) is 0 Å². The van der Waals surface area contributed by atoms with Gasteiger partial charge in [0.2, 0.25) is 5.89 Å². The van der Waals surface area contributed by atoms with Crippen LogP contribution in [-0.4, -0.2) is 16.8 Å². The highest BCUT2D eigenvalue weighted by Gasteiger charge is 2.12. The maximum absolute atomic E-state index is 12.7. The maximum Gasteiger partial charge on any atom is 0.291 e. The first-order valence-corrected chi connectivity index (χ1v) is 9.88. The smallest absolute Gasteiger partial charge is 0.291 e. The summed E-state index contributed by atoms with van der Waals surface area (Å²) >= 11 is 0. The van der Waals surface area contributed by atoms with Gasteiger partial charge in [0.25, 0.3) is 11.8 Å². The van der Waals surface area contributed by atoms with Crippen molar-refractivity contribution in [3.63, 3.8) is 0 Å². The van der Waals surface area contributed by atoms with E-state index >= 15 is 0 Å². The molecule has 3 aromatic carbocycles. The Morgan fingerprint density at radius 1 is 0.750 bits per heavy atom. The van der Waals surface area contributed by atoms with Crippen molar-refractivity contribution in [3.05, 3.63) is 103 Å². The monoisotopic (exact) mass is 423 g/mol. The topological polar surface area (TPSA) is 97.4 Å². The van der Waals surface area contributed by atoms with Crippen LogP contribution in [0.1, 0.15) is 20.9 Å². The molecule has 0 spiro atoms. The van der Waals surface area contributed by atoms with Crippen molar-refractivity contribution in [3.8, 4) is 11.5 Å². The third-order valence-corrected chi connectivity index (χ3v) is 4.81. The number of para-hydroxylation sites is 2. The molecule has 156 valence electrons. The van der Waals surface area contributed by atoms with Crippen LogP contribution in [0.4, 0.5) is 11.4 Å². The number of carbonyl (C=O) groups is 2. The Labute approximate surface area is 182 Å². The van der Waals surface area contributed by atoms with Crippen molar-refractivity contribution in [2.24, 2.45) is 0 Å². The summed E-state index contributed by atoms with van der Waals surface area (Å²) in [5.41, 5.74) is 3.86. The molecule has 0 aliphatic heterocycles. The first-order chi connectivity index (χ1) is 15.7. The minimum atomic E-state index is -0.358. The van der Waals surface area contributed by atoms with E-state index in [4.69, 9.17) is 8.83 Å². The number of nitrogens with one attached hydrogen (secondary N) is 2. The second-order valence-electron chi connectivity index (χ2n) is 7.03. The zero-order valence-corrected chi connectivity index (χ0v) is 16.7. The maximum atomic E-state index is 12.7. The number of rotatable bonds is 5. The first kappa shape index (κ1) is 19.3. The van der Waals surface area contributed by atoms with Gasteiger partial charge in [0.1, 0.15) is 5.52 Å². The number of hydrogen-bond acceptors (Lipinski definition) is 5. The third kappa shape index (κ3) is 3.99. The van der Waals surface area contributed by atoms with Crippen molar-refractivity contribution in [2.75, 3.05) is 10.6 Å². The summed E-state index contributed by atoms with van der Waals surface area (Å²) in [6.07, 6.45) is 1.43. The molecule has 0 saturated carbocycles. The second-order valence-corrected chi connectivity index (χ2v) is 7.03. The summed E-state index contributed by atoms with van der Waals surface area (Å²) in [7, 11) is 0. The van der Waals surface area contributed by atoms with Crippen LogP contribution in [0.15, 0.2) is 100 Å². The number of benzene rings is 3. The number of hydrogen-bond donors (Lipinski definition) is 2. The van der Waals surface area contributed by atoms with Gasteiger partial charge in [-0.1, -0.05) is 18.2 Å². The summed E-state index contributed by atoms with van der Waals surface area (Å²) in [5.74, 6) is 0.0661. The highest BCUT2D eigenvalue weighted by atomic mass is 16.3. The average Bonchev–Trinajstić information content (AvgIpc) is 3.50. The Bertz CT molecular complexity index is 1370. The van der Waals surface area contributed by atoms with Crippen LogP contribution in [0.5, 0.6) is 0 Å². The van der Waals surface area contributed by atoms with E-state index in [-0.39, 0.29) is 17.6 Å². The molecule has 0 fully saturated rings. The van der Waals surface area contributed by atoms with Gasteiger partial charge in [-0.25, -0.2) is 4.98 Å². The van der Waals surface area contributed by atoms with E-state index < -0.39 is 0 Å². The first-order valence-electron chi connectivity index (χ1n) is 9.88. The molecule has 2 amide bonds. The molecule has 0 saturated heterocycles. The molecule has 0 radical (unpaired) electrons. The average molecular weight is 423 g/mol. The number of nitrogens with zero attached hydrogens (tertiary/aromatic N) is 1. The van der Waals surface area contributed by atoms with Gasteiger partial charge < -0.3 is 19.5 Å². The standard InChI is InChI=1S/C25H17N3O4/c29-23(16-10-12-18(13-11-16)26-24(30)22-9-4-14-31-22)27-19-6-3-5-17(15-19)25-28-20-7-1-2-8-21(20)32-25/h1-15H,(H,26,30)(H,27,29). The predicted molar refractivity (Wildman–Crippen MR) is 121 cm³/mol. The van der Waals surface area contributed by atoms with Crippen molar-refractivity contribution >= 4 is 34.3 Å². The Morgan fingerprint density at radius 2 is 1.56 bits per heavy atom. The van der Waals surface area contributed by atoms with Crippen molar-refractivity contribution in [2.45, 2.75) is 0 Å². The van der Waals surface area contributed by atoms with Gasteiger partial charge in [0.15, 0.2) is 11.3 Å². The Hall–Kier alpha value is -4.65. The van der Waals surface area contributed by atoms with Crippen LogP contribution in [0.25, 0.3) is 22.6 Å². The molecule has 5 aromatic rings. The normalized spacial score (nSPS) is 10.8. The molecule has 0 aliphatic rings. The van der Waals surface area contributed by atoms with Gasteiger partial charge in [0, 0.05) is 22.5 Å². The fraction of sp³-hybridized carbons (Fsp3) is 0. The van der Waals surface area contributed by atoms with Crippen LogP contribution >= 0.6 is 0 Å². The van der Waals surface area contributed by atoms with Gasteiger partial charge >= 0.3 is 0 Å². The molecule has 32 heavy (non-hydrogen) atoms. The summed E-state index contributed by atoms with van der Waals surface area (Å²) < 4.78 is 10.9. The van der Waals surface area contributed by atoms with Gasteiger partial charge in [-0.15, -0.1) is 0 Å². The Balaban J connectivity index is 1.28. The number of carbonyl (C=O) groups excluding carboxylic acids is 2. The molecule has 7 heteroatoms. The van der Waals surface area contributed by atoms with Gasteiger partial charge in [0.05, 0.1) is 6.26 Å². The molecule has 0 unspecified atom stereocenters. The molecular formula is C25H17N3O4. The van der Waals surface area contributed by atoms with Gasteiger partial charge in [-0.05, 0) is 66.7 Å².